The number of nitrogens with zero attached hydrogens (tertiary/aromatic N) is 4. The highest BCUT2D eigenvalue weighted by molar-refractivity contribution is 6.30. The average molecular weight is 453 g/mol. The first kappa shape index (κ1) is 21.3. The molecule has 1 aliphatic heterocycles. The Hall–Kier alpha value is -3.90. The molecule has 0 radical (unpaired) electrons. The van der Waals surface area contributed by atoms with Crippen molar-refractivity contribution in [2.24, 2.45) is 5.73 Å². The number of primary amides is 1. The van der Waals surface area contributed by atoms with Crippen LogP contribution in [-0.2, 0) is 13.1 Å². The first-order valence-electron chi connectivity index (χ1n) is 9.69. The standard InChI is InChI=1S/C22H18ClFN6O2/c1-12-6-17(3-2-13(12)10-25)27-22(32)29-4-5-30-18(11-29)19(21(26)31)20(28-30)14-7-15(23)9-16(24)8-14/h2-3,6-9H,4-5,11H2,1H3,(H2,26,31)(H,27,32). The molecule has 0 fully saturated rings. The van der Waals surface area contributed by atoms with Crippen LogP contribution in [0.5, 0.6) is 0 Å². The molecule has 0 spiro atoms. The van der Waals surface area contributed by atoms with Crippen molar-refractivity contribution in [3.8, 4) is 17.3 Å². The highest BCUT2D eigenvalue weighted by atomic mass is 35.5. The molecule has 0 aliphatic carbocycles. The Morgan fingerprint density at radius 3 is 2.69 bits per heavy atom. The van der Waals surface area contributed by atoms with Gasteiger partial charge in [-0.15, -0.1) is 0 Å². The summed E-state index contributed by atoms with van der Waals surface area (Å²) in [5.74, 6) is -1.29. The van der Waals surface area contributed by atoms with Crippen LogP contribution < -0.4 is 11.1 Å². The van der Waals surface area contributed by atoms with Gasteiger partial charge in [0.1, 0.15) is 11.5 Å². The van der Waals surface area contributed by atoms with Crippen LogP contribution in [0.1, 0.15) is 27.2 Å². The summed E-state index contributed by atoms with van der Waals surface area (Å²) in [6.45, 7) is 2.55. The fourth-order valence-electron chi connectivity index (χ4n) is 3.71. The Kier molecular flexibility index (Phi) is 5.55. The molecular weight excluding hydrogens is 435 g/mol. The number of urea groups is 1. The Bertz CT molecular complexity index is 1280. The number of carbonyl (C=O) groups excluding carboxylic acids is 2. The minimum absolute atomic E-state index is 0.0927. The van der Waals surface area contributed by atoms with Crippen LogP contribution in [0, 0.1) is 24.1 Å². The average Bonchev–Trinajstić information content (AvgIpc) is 3.12. The molecule has 162 valence electrons. The van der Waals surface area contributed by atoms with Crippen LogP contribution in [0.3, 0.4) is 0 Å². The number of rotatable bonds is 3. The van der Waals surface area contributed by atoms with Crippen LogP contribution in [0.2, 0.25) is 5.02 Å². The smallest absolute Gasteiger partial charge is 0.322 e. The second kappa shape index (κ2) is 8.32. The van der Waals surface area contributed by atoms with Crippen molar-refractivity contribution in [1.82, 2.24) is 14.7 Å². The van der Waals surface area contributed by atoms with E-state index < -0.39 is 11.7 Å². The molecule has 4 rings (SSSR count). The van der Waals surface area contributed by atoms with Crippen molar-refractivity contribution < 1.29 is 14.0 Å². The Morgan fingerprint density at radius 2 is 2.03 bits per heavy atom. The Labute approximate surface area is 188 Å². The number of nitrogens with two attached hydrogens (primary N) is 1. The SMILES string of the molecule is Cc1cc(NC(=O)N2CCn3nc(-c4cc(F)cc(Cl)c4)c(C(N)=O)c3C2)ccc1C#N. The second-order valence-corrected chi connectivity index (χ2v) is 7.85. The van der Waals surface area contributed by atoms with Gasteiger partial charge in [0, 0.05) is 22.8 Å². The van der Waals surface area contributed by atoms with Gasteiger partial charge in [0.15, 0.2) is 0 Å². The molecule has 32 heavy (non-hydrogen) atoms. The summed E-state index contributed by atoms with van der Waals surface area (Å²) >= 11 is 5.96. The number of fused-ring (bicyclic) bond motifs is 1. The van der Waals surface area contributed by atoms with Crippen molar-refractivity contribution in [3.05, 3.63) is 69.6 Å². The minimum atomic E-state index is -0.730. The first-order valence-corrected chi connectivity index (χ1v) is 10.1. The molecule has 10 heteroatoms. The Morgan fingerprint density at radius 1 is 1.25 bits per heavy atom. The molecular formula is C22H18ClFN6O2. The van der Waals surface area contributed by atoms with E-state index >= 15 is 0 Å². The van der Waals surface area contributed by atoms with E-state index in [1.807, 2.05) is 0 Å². The van der Waals surface area contributed by atoms with Gasteiger partial charge in [0.25, 0.3) is 5.91 Å². The number of nitriles is 1. The van der Waals surface area contributed by atoms with Crippen molar-refractivity contribution in [1.29, 1.82) is 5.26 Å². The molecule has 2 aromatic carbocycles. The monoisotopic (exact) mass is 452 g/mol. The van der Waals surface area contributed by atoms with E-state index in [-0.39, 0.29) is 28.9 Å². The van der Waals surface area contributed by atoms with Crippen molar-refractivity contribution >= 4 is 29.2 Å². The number of carbonyl (C=O) groups is 2. The molecule has 3 amide bonds. The number of halogens is 2. The molecule has 0 bridgehead atoms. The summed E-state index contributed by atoms with van der Waals surface area (Å²) in [5, 5.41) is 16.5. The maximum atomic E-state index is 13.9. The normalized spacial score (nSPS) is 12.8. The molecule has 1 aromatic heterocycles. The van der Waals surface area contributed by atoms with E-state index in [1.165, 1.54) is 17.0 Å². The van der Waals surface area contributed by atoms with Gasteiger partial charge in [-0.05, 0) is 48.9 Å². The number of anilines is 1. The topological polar surface area (TPSA) is 117 Å². The summed E-state index contributed by atoms with van der Waals surface area (Å²) in [7, 11) is 0. The predicted molar refractivity (Wildman–Crippen MR) is 116 cm³/mol. The van der Waals surface area contributed by atoms with Gasteiger partial charge in [-0.3, -0.25) is 9.48 Å². The molecule has 8 nitrogen and oxygen atoms in total. The van der Waals surface area contributed by atoms with E-state index in [9.17, 15) is 14.0 Å². The van der Waals surface area contributed by atoms with Crippen LogP contribution >= 0.6 is 11.6 Å². The zero-order valence-electron chi connectivity index (χ0n) is 17.0. The molecule has 3 aromatic rings. The van der Waals surface area contributed by atoms with Gasteiger partial charge >= 0.3 is 6.03 Å². The zero-order chi connectivity index (χ0) is 23.0. The lowest BCUT2D eigenvalue weighted by Gasteiger charge is -2.28. The number of amides is 3. The lowest BCUT2D eigenvalue weighted by atomic mass is 10.0. The molecule has 3 N–H and O–H groups in total. The minimum Gasteiger partial charge on any atom is -0.365 e. The summed E-state index contributed by atoms with van der Waals surface area (Å²) < 4.78 is 15.5. The van der Waals surface area contributed by atoms with E-state index in [0.717, 1.165) is 11.6 Å². The van der Waals surface area contributed by atoms with Gasteiger partial charge in [0.2, 0.25) is 0 Å². The maximum absolute atomic E-state index is 13.9. The fourth-order valence-corrected chi connectivity index (χ4v) is 3.93. The Balaban J connectivity index is 1.62. The molecule has 0 unspecified atom stereocenters. The van der Waals surface area contributed by atoms with Gasteiger partial charge in [0.05, 0.1) is 36.0 Å². The molecule has 0 saturated heterocycles. The maximum Gasteiger partial charge on any atom is 0.322 e. The van der Waals surface area contributed by atoms with Crippen molar-refractivity contribution in [3.63, 3.8) is 0 Å². The predicted octanol–water partition coefficient (Wildman–Crippen LogP) is 3.67. The highest BCUT2D eigenvalue weighted by Crippen LogP contribution is 2.30. The highest BCUT2D eigenvalue weighted by Gasteiger charge is 2.30. The van der Waals surface area contributed by atoms with Crippen LogP contribution in [0.25, 0.3) is 11.3 Å². The largest absolute Gasteiger partial charge is 0.365 e. The molecule has 2 heterocycles. The third kappa shape index (κ3) is 4.00. The summed E-state index contributed by atoms with van der Waals surface area (Å²) in [4.78, 5) is 26.6. The summed E-state index contributed by atoms with van der Waals surface area (Å²) in [6.07, 6.45) is 0. The van der Waals surface area contributed by atoms with Crippen LogP contribution in [0.15, 0.2) is 36.4 Å². The third-order valence-corrected chi connectivity index (χ3v) is 5.47. The molecule has 0 saturated carbocycles. The number of hydrogen-bond acceptors (Lipinski definition) is 4. The lowest BCUT2D eigenvalue weighted by molar-refractivity contribution is 0.0997. The zero-order valence-corrected chi connectivity index (χ0v) is 17.8. The molecule has 0 atom stereocenters. The van der Waals surface area contributed by atoms with Gasteiger partial charge in [-0.1, -0.05) is 11.6 Å². The fraction of sp³-hybridized carbons (Fsp3) is 0.182. The second-order valence-electron chi connectivity index (χ2n) is 7.41. The van der Waals surface area contributed by atoms with Crippen LogP contribution in [0.4, 0.5) is 14.9 Å². The van der Waals surface area contributed by atoms with Gasteiger partial charge in [-0.2, -0.15) is 10.4 Å². The van der Waals surface area contributed by atoms with E-state index in [2.05, 4.69) is 16.5 Å². The van der Waals surface area contributed by atoms with Gasteiger partial charge < -0.3 is 16.0 Å². The number of hydrogen-bond donors (Lipinski definition) is 2. The van der Waals surface area contributed by atoms with E-state index in [1.54, 1.807) is 29.8 Å². The van der Waals surface area contributed by atoms with Gasteiger partial charge in [-0.25, -0.2) is 9.18 Å². The quantitative estimate of drug-likeness (QED) is 0.630. The number of benzene rings is 2. The summed E-state index contributed by atoms with van der Waals surface area (Å²) in [6, 6.07) is 10.6. The number of nitrogens with one attached hydrogen (secondary N) is 1. The van der Waals surface area contributed by atoms with Crippen LogP contribution in [-0.4, -0.2) is 33.2 Å². The van der Waals surface area contributed by atoms with E-state index in [4.69, 9.17) is 22.6 Å². The number of aromatic nitrogens is 2. The molecule has 1 aliphatic rings. The van der Waals surface area contributed by atoms with Crippen molar-refractivity contribution in [2.45, 2.75) is 20.0 Å². The number of aryl methyl sites for hydroxylation is 1. The third-order valence-electron chi connectivity index (χ3n) is 5.25. The van der Waals surface area contributed by atoms with Crippen molar-refractivity contribution in [2.75, 3.05) is 11.9 Å². The first-order chi connectivity index (χ1) is 15.3. The summed E-state index contributed by atoms with van der Waals surface area (Å²) in [5.41, 5.74) is 8.58. The lowest BCUT2D eigenvalue weighted by Crippen LogP contribution is -2.41. The van der Waals surface area contributed by atoms with E-state index in [0.29, 0.717) is 35.6 Å².